The number of carbonyl (C=O) groups excluding carboxylic acids is 1. The number of nitrogens with zero attached hydrogens (tertiary/aromatic N) is 1. The Morgan fingerprint density at radius 3 is 3.20 bits per heavy atom. The molecular weight excluding hydrogens is 208 g/mol. The molecule has 0 bridgehead atoms. The van der Waals surface area contributed by atoms with Gasteiger partial charge in [-0.25, -0.2) is 0 Å². The molecule has 0 aliphatic carbocycles. The average Bonchev–Trinajstić information content (AvgIpc) is 2.61. The molecule has 0 saturated carbocycles. The van der Waals surface area contributed by atoms with Gasteiger partial charge in [0.25, 0.3) is 0 Å². The van der Waals surface area contributed by atoms with Gasteiger partial charge in [-0.1, -0.05) is 11.6 Å². The number of thioether (sulfide) groups is 1. The summed E-state index contributed by atoms with van der Waals surface area (Å²) in [5.41, 5.74) is 2.45. The largest absolute Gasteiger partial charge is 0.346 e. The molecule has 1 aromatic heterocycles. The lowest BCUT2D eigenvalue weighted by Gasteiger charge is -2.07. The number of rotatable bonds is 3. The van der Waals surface area contributed by atoms with Crippen molar-refractivity contribution >= 4 is 23.1 Å². The van der Waals surface area contributed by atoms with Crippen LogP contribution in [0.5, 0.6) is 0 Å². The Hall–Kier alpha value is -1.29. The van der Waals surface area contributed by atoms with Crippen LogP contribution in [-0.4, -0.2) is 16.8 Å². The zero-order valence-corrected chi connectivity index (χ0v) is 9.25. The van der Waals surface area contributed by atoms with Crippen molar-refractivity contribution in [3.05, 3.63) is 35.7 Å². The van der Waals surface area contributed by atoms with E-state index in [1.54, 1.807) is 18.0 Å². The third-order valence-corrected chi connectivity index (χ3v) is 3.72. The van der Waals surface area contributed by atoms with Gasteiger partial charge in [-0.05, 0) is 19.4 Å². The van der Waals surface area contributed by atoms with Gasteiger partial charge in [0, 0.05) is 22.9 Å². The quantitative estimate of drug-likeness (QED) is 0.792. The minimum Gasteiger partial charge on any atom is -0.346 e. The van der Waals surface area contributed by atoms with E-state index in [2.05, 4.69) is 17.2 Å². The maximum Gasteiger partial charge on any atom is 0.208 e. The Kier molecular flexibility index (Phi) is 3.06. The van der Waals surface area contributed by atoms with Gasteiger partial charge in [-0.15, -0.1) is 11.8 Å². The van der Waals surface area contributed by atoms with Gasteiger partial charge in [-0.2, -0.15) is 0 Å². The van der Waals surface area contributed by atoms with E-state index in [-0.39, 0.29) is 5.37 Å². The summed E-state index contributed by atoms with van der Waals surface area (Å²) in [6.45, 7) is 2.10. The predicted octanol–water partition coefficient (Wildman–Crippen LogP) is 2.02. The zero-order valence-electron chi connectivity index (χ0n) is 8.43. The van der Waals surface area contributed by atoms with Crippen LogP contribution in [0.2, 0.25) is 0 Å². The number of hydrogen-bond donors (Lipinski definition) is 1. The number of aromatic nitrogens is 1. The van der Waals surface area contributed by atoms with E-state index in [4.69, 9.17) is 0 Å². The summed E-state index contributed by atoms with van der Waals surface area (Å²) < 4.78 is 0. The van der Waals surface area contributed by atoms with Gasteiger partial charge in [-0.3, -0.25) is 9.78 Å². The molecule has 0 saturated heterocycles. The van der Waals surface area contributed by atoms with E-state index >= 15 is 0 Å². The van der Waals surface area contributed by atoms with Crippen LogP contribution in [0.4, 0.5) is 0 Å². The van der Waals surface area contributed by atoms with Crippen molar-refractivity contribution in [3.63, 3.8) is 0 Å². The number of hydrogen-bond acceptors (Lipinski definition) is 3. The molecule has 1 aliphatic rings. The Bertz CT molecular complexity index is 389. The van der Waals surface area contributed by atoms with Gasteiger partial charge >= 0.3 is 0 Å². The Morgan fingerprint density at radius 2 is 2.53 bits per heavy atom. The molecule has 1 unspecified atom stereocenters. The SMILES string of the molecule is CC1=C(c2cccnc2)SC(NC=O)C1. The van der Waals surface area contributed by atoms with Crippen LogP contribution in [-0.2, 0) is 4.79 Å². The molecule has 0 fully saturated rings. The molecule has 2 rings (SSSR count). The van der Waals surface area contributed by atoms with Crippen molar-refractivity contribution < 1.29 is 4.79 Å². The lowest BCUT2D eigenvalue weighted by Crippen LogP contribution is -2.21. The Morgan fingerprint density at radius 1 is 1.67 bits per heavy atom. The number of pyridine rings is 1. The van der Waals surface area contributed by atoms with Gasteiger partial charge in [0.05, 0.1) is 5.37 Å². The second kappa shape index (κ2) is 4.49. The van der Waals surface area contributed by atoms with Crippen LogP contribution in [0.25, 0.3) is 4.91 Å². The summed E-state index contributed by atoms with van der Waals surface area (Å²) >= 11 is 1.69. The molecule has 1 aliphatic heterocycles. The van der Waals surface area contributed by atoms with Crippen molar-refractivity contribution in [2.75, 3.05) is 0 Å². The fourth-order valence-corrected chi connectivity index (χ4v) is 2.92. The Balaban J connectivity index is 2.17. The molecular formula is C11H12N2OS. The van der Waals surface area contributed by atoms with Crippen LogP contribution < -0.4 is 5.32 Å². The lowest BCUT2D eigenvalue weighted by molar-refractivity contribution is -0.109. The van der Waals surface area contributed by atoms with Crippen LogP contribution in [0.3, 0.4) is 0 Å². The molecule has 4 heteroatoms. The number of nitrogens with one attached hydrogen (secondary N) is 1. The van der Waals surface area contributed by atoms with Gasteiger partial charge in [0.15, 0.2) is 0 Å². The Labute approximate surface area is 93.0 Å². The third-order valence-electron chi connectivity index (χ3n) is 2.32. The van der Waals surface area contributed by atoms with E-state index in [1.807, 2.05) is 18.3 Å². The predicted molar refractivity (Wildman–Crippen MR) is 62.0 cm³/mol. The highest BCUT2D eigenvalue weighted by Gasteiger charge is 2.22. The van der Waals surface area contributed by atoms with Crippen molar-refractivity contribution in [2.45, 2.75) is 18.7 Å². The first-order chi connectivity index (χ1) is 7.31. The molecule has 1 N–H and O–H groups in total. The topological polar surface area (TPSA) is 42.0 Å². The molecule has 0 aromatic carbocycles. The minimum absolute atomic E-state index is 0.178. The molecule has 0 spiro atoms. The highest BCUT2D eigenvalue weighted by atomic mass is 32.2. The molecule has 0 radical (unpaired) electrons. The average molecular weight is 220 g/mol. The molecule has 1 aromatic rings. The summed E-state index contributed by atoms with van der Waals surface area (Å²) in [4.78, 5) is 15.7. The van der Waals surface area contributed by atoms with Crippen LogP contribution in [0.15, 0.2) is 30.1 Å². The smallest absolute Gasteiger partial charge is 0.208 e. The second-order valence-electron chi connectivity index (χ2n) is 3.45. The van der Waals surface area contributed by atoms with E-state index in [1.165, 1.54) is 10.5 Å². The third kappa shape index (κ3) is 2.21. The second-order valence-corrected chi connectivity index (χ2v) is 4.66. The number of carbonyl (C=O) groups is 1. The van der Waals surface area contributed by atoms with Gasteiger partial charge < -0.3 is 5.32 Å². The molecule has 78 valence electrons. The first kappa shape index (κ1) is 10.2. The molecule has 1 atom stereocenters. The first-order valence-corrected chi connectivity index (χ1v) is 5.65. The van der Waals surface area contributed by atoms with Crippen LogP contribution in [0, 0.1) is 0 Å². The number of amides is 1. The van der Waals surface area contributed by atoms with Crippen LogP contribution >= 0.6 is 11.8 Å². The maximum atomic E-state index is 10.4. The summed E-state index contributed by atoms with van der Waals surface area (Å²) in [6.07, 6.45) is 5.29. The fourth-order valence-electron chi connectivity index (χ4n) is 1.64. The summed E-state index contributed by atoms with van der Waals surface area (Å²) in [5.74, 6) is 0. The molecule has 1 amide bonds. The fraction of sp³-hybridized carbons (Fsp3) is 0.273. The summed E-state index contributed by atoms with van der Waals surface area (Å²) in [5, 5.41) is 2.97. The normalized spacial score (nSPS) is 20.5. The van der Waals surface area contributed by atoms with E-state index < -0.39 is 0 Å². The lowest BCUT2D eigenvalue weighted by atomic mass is 10.1. The minimum atomic E-state index is 0.178. The molecule has 2 heterocycles. The summed E-state index contributed by atoms with van der Waals surface area (Å²) in [6, 6.07) is 3.97. The van der Waals surface area contributed by atoms with E-state index in [0.717, 1.165) is 18.4 Å². The van der Waals surface area contributed by atoms with Crippen molar-refractivity contribution in [3.8, 4) is 0 Å². The van der Waals surface area contributed by atoms with Crippen molar-refractivity contribution in [1.82, 2.24) is 10.3 Å². The highest BCUT2D eigenvalue weighted by molar-refractivity contribution is 8.09. The zero-order chi connectivity index (χ0) is 10.7. The van der Waals surface area contributed by atoms with Gasteiger partial charge in [0.2, 0.25) is 6.41 Å². The van der Waals surface area contributed by atoms with Crippen LogP contribution in [0.1, 0.15) is 18.9 Å². The standard InChI is InChI=1S/C11H12N2OS/c1-8-5-10(13-7-14)15-11(8)9-3-2-4-12-6-9/h2-4,6-7,10H,5H2,1H3,(H,13,14). The molecule has 3 nitrogen and oxygen atoms in total. The monoisotopic (exact) mass is 220 g/mol. The van der Waals surface area contributed by atoms with Gasteiger partial charge in [0.1, 0.15) is 0 Å². The maximum absolute atomic E-state index is 10.4. The highest BCUT2D eigenvalue weighted by Crippen LogP contribution is 2.42. The van der Waals surface area contributed by atoms with E-state index in [9.17, 15) is 4.79 Å². The van der Waals surface area contributed by atoms with Crippen molar-refractivity contribution in [2.24, 2.45) is 0 Å². The molecule has 15 heavy (non-hydrogen) atoms. The summed E-state index contributed by atoms with van der Waals surface area (Å²) in [7, 11) is 0. The van der Waals surface area contributed by atoms with E-state index in [0.29, 0.717) is 0 Å². The first-order valence-electron chi connectivity index (χ1n) is 4.78. The van der Waals surface area contributed by atoms with Crippen molar-refractivity contribution in [1.29, 1.82) is 0 Å².